The molecule has 1 aromatic carbocycles. The standard InChI is InChI=1S/C14H18ClNO4/c1-10-8-19-11(7-17)6-16(10)14(18)9-20-13-5-3-2-4-12(13)15/h2-5,10-11,17H,6-9H2,1H3. The molecule has 0 saturated carbocycles. The molecular weight excluding hydrogens is 282 g/mol. The summed E-state index contributed by atoms with van der Waals surface area (Å²) in [5.74, 6) is 0.348. The van der Waals surface area contributed by atoms with E-state index in [2.05, 4.69) is 0 Å². The third-order valence-corrected chi connectivity index (χ3v) is 3.53. The minimum Gasteiger partial charge on any atom is -0.482 e. The number of benzene rings is 1. The highest BCUT2D eigenvalue weighted by molar-refractivity contribution is 6.32. The van der Waals surface area contributed by atoms with Crippen LogP contribution < -0.4 is 4.74 Å². The lowest BCUT2D eigenvalue weighted by Crippen LogP contribution is -2.53. The second-order valence-electron chi connectivity index (χ2n) is 4.75. The van der Waals surface area contributed by atoms with Crippen LogP contribution in [0.1, 0.15) is 6.92 Å². The summed E-state index contributed by atoms with van der Waals surface area (Å²) < 4.78 is 10.8. The van der Waals surface area contributed by atoms with E-state index in [0.717, 1.165) is 0 Å². The van der Waals surface area contributed by atoms with Gasteiger partial charge in [0, 0.05) is 6.54 Å². The smallest absolute Gasteiger partial charge is 0.260 e. The molecule has 20 heavy (non-hydrogen) atoms. The first-order chi connectivity index (χ1) is 9.61. The average Bonchev–Trinajstić information content (AvgIpc) is 2.46. The SMILES string of the molecule is CC1COC(CO)CN1C(=O)COc1ccccc1Cl. The van der Waals surface area contributed by atoms with Gasteiger partial charge in [-0.25, -0.2) is 0 Å². The molecule has 0 spiro atoms. The van der Waals surface area contributed by atoms with E-state index in [1.165, 1.54) is 0 Å². The third kappa shape index (κ3) is 3.62. The molecule has 0 aliphatic carbocycles. The predicted octanol–water partition coefficient (Wildman–Crippen LogP) is 1.33. The molecule has 1 saturated heterocycles. The van der Waals surface area contributed by atoms with Gasteiger partial charge in [-0.2, -0.15) is 0 Å². The molecular formula is C14H18ClNO4. The van der Waals surface area contributed by atoms with Crippen molar-refractivity contribution in [1.29, 1.82) is 0 Å². The molecule has 2 unspecified atom stereocenters. The van der Waals surface area contributed by atoms with E-state index in [4.69, 9.17) is 26.2 Å². The van der Waals surface area contributed by atoms with Gasteiger partial charge in [0.15, 0.2) is 6.61 Å². The number of rotatable bonds is 4. The van der Waals surface area contributed by atoms with Gasteiger partial charge in [-0.1, -0.05) is 23.7 Å². The minimum atomic E-state index is -0.324. The summed E-state index contributed by atoms with van der Waals surface area (Å²) in [6.07, 6.45) is -0.324. The maximum absolute atomic E-state index is 12.2. The second kappa shape index (κ2) is 6.92. The Balaban J connectivity index is 1.92. The van der Waals surface area contributed by atoms with Crippen molar-refractivity contribution in [2.24, 2.45) is 0 Å². The number of ether oxygens (including phenoxy) is 2. The van der Waals surface area contributed by atoms with Crippen LogP contribution in [0.2, 0.25) is 5.02 Å². The van der Waals surface area contributed by atoms with Crippen LogP contribution in [-0.2, 0) is 9.53 Å². The molecule has 5 nitrogen and oxygen atoms in total. The number of hydrogen-bond donors (Lipinski definition) is 1. The molecule has 0 radical (unpaired) electrons. The summed E-state index contributed by atoms with van der Waals surface area (Å²) in [5.41, 5.74) is 0. The predicted molar refractivity (Wildman–Crippen MR) is 74.9 cm³/mol. The molecule has 1 heterocycles. The normalized spacial score (nSPS) is 22.6. The van der Waals surface area contributed by atoms with E-state index >= 15 is 0 Å². The molecule has 6 heteroatoms. The maximum atomic E-state index is 12.2. The summed E-state index contributed by atoms with van der Waals surface area (Å²) in [6, 6.07) is 6.99. The Hall–Kier alpha value is -1.30. The van der Waals surface area contributed by atoms with Crippen molar-refractivity contribution in [2.75, 3.05) is 26.4 Å². The van der Waals surface area contributed by atoms with Crippen molar-refractivity contribution in [2.45, 2.75) is 19.1 Å². The lowest BCUT2D eigenvalue weighted by molar-refractivity contribution is -0.148. The molecule has 110 valence electrons. The fourth-order valence-corrected chi connectivity index (χ4v) is 2.25. The topological polar surface area (TPSA) is 59.0 Å². The molecule has 1 aliphatic heterocycles. The second-order valence-corrected chi connectivity index (χ2v) is 5.16. The van der Waals surface area contributed by atoms with Gasteiger partial charge in [0.1, 0.15) is 5.75 Å². The van der Waals surface area contributed by atoms with Crippen LogP contribution in [0.15, 0.2) is 24.3 Å². The zero-order chi connectivity index (χ0) is 14.5. The number of aliphatic hydroxyl groups is 1. The zero-order valence-corrected chi connectivity index (χ0v) is 12.0. The molecule has 1 aromatic rings. The molecule has 0 bridgehead atoms. The highest BCUT2D eigenvalue weighted by Crippen LogP contribution is 2.23. The van der Waals surface area contributed by atoms with Crippen molar-refractivity contribution in [3.8, 4) is 5.75 Å². The van der Waals surface area contributed by atoms with Crippen molar-refractivity contribution < 1.29 is 19.4 Å². The number of carbonyl (C=O) groups is 1. The Morgan fingerprint density at radius 3 is 3.00 bits per heavy atom. The average molecular weight is 300 g/mol. The van der Waals surface area contributed by atoms with Gasteiger partial charge in [0.05, 0.1) is 30.4 Å². The van der Waals surface area contributed by atoms with Crippen LogP contribution >= 0.6 is 11.6 Å². The van der Waals surface area contributed by atoms with Crippen LogP contribution in [0, 0.1) is 0 Å². The number of carbonyl (C=O) groups excluding carboxylic acids is 1. The van der Waals surface area contributed by atoms with Gasteiger partial charge in [-0.3, -0.25) is 4.79 Å². The fraction of sp³-hybridized carbons (Fsp3) is 0.500. The van der Waals surface area contributed by atoms with Gasteiger partial charge in [0.2, 0.25) is 0 Å². The third-order valence-electron chi connectivity index (χ3n) is 3.22. The van der Waals surface area contributed by atoms with E-state index in [1.54, 1.807) is 29.2 Å². The Bertz CT molecular complexity index is 468. The summed E-state index contributed by atoms with van der Waals surface area (Å²) in [6.45, 7) is 2.53. The molecule has 0 aromatic heterocycles. The Labute approximate surface area is 123 Å². The fourth-order valence-electron chi connectivity index (χ4n) is 2.06. The number of aliphatic hydroxyl groups excluding tert-OH is 1. The molecule has 1 fully saturated rings. The van der Waals surface area contributed by atoms with Gasteiger partial charge in [0.25, 0.3) is 5.91 Å². The van der Waals surface area contributed by atoms with Crippen LogP contribution in [0.25, 0.3) is 0 Å². The van der Waals surface area contributed by atoms with Gasteiger partial charge in [-0.05, 0) is 19.1 Å². The largest absolute Gasteiger partial charge is 0.482 e. The van der Waals surface area contributed by atoms with Gasteiger partial charge < -0.3 is 19.5 Å². The Morgan fingerprint density at radius 1 is 1.55 bits per heavy atom. The number of para-hydroxylation sites is 1. The van der Waals surface area contributed by atoms with E-state index in [9.17, 15) is 4.79 Å². The summed E-state index contributed by atoms with van der Waals surface area (Å²) in [4.78, 5) is 13.8. The monoisotopic (exact) mass is 299 g/mol. The molecule has 1 aliphatic rings. The first-order valence-electron chi connectivity index (χ1n) is 6.51. The summed E-state index contributed by atoms with van der Waals surface area (Å²) in [7, 11) is 0. The first-order valence-corrected chi connectivity index (χ1v) is 6.89. The summed E-state index contributed by atoms with van der Waals surface area (Å²) >= 11 is 5.96. The highest BCUT2D eigenvalue weighted by Gasteiger charge is 2.29. The lowest BCUT2D eigenvalue weighted by Gasteiger charge is -2.37. The van der Waals surface area contributed by atoms with E-state index in [0.29, 0.717) is 23.9 Å². The lowest BCUT2D eigenvalue weighted by atomic mass is 10.2. The summed E-state index contributed by atoms with van der Waals surface area (Å²) in [5, 5.41) is 9.58. The quantitative estimate of drug-likeness (QED) is 0.911. The zero-order valence-electron chi connectivity index (χ0n) is 11.3. The van der Waals surface area contributed by atoms with Crippen LogP contribution in [-0.4, -0.2) is 54.4 Å². The number of amides is 1. The van der Waals surface area contributed by atoms with E-state index in [1.807, 2.05) is 6.92 Å². The van der Waals surface area contributed by atoms with Gasteiger partial charge in [-0.15, -0.1) is 0 Å². The van der Waals surface area contributed by atoms with Crippen LogP contribution in [0.5, 0.6) is 5.75 Å². The number of halogens is 1. The highest BCUT2D eigenvalue weighted by atomic mass is 35.5. The van der Waals surface area contributed by atoms with E-state index < -0.39 is 0 Å². The van der Waals surface area contributed by atoms with Crippen LogP contribution in [0.3, 0.4) is 0 Å². The van der Waals surface area contributed by atoms with E-state index in [-0.39, 0.29) is 31.3 Å². The van der Waals surface area contributed by atoms with Crippen molar-refractivity contribution >= 4 is 17.5 Å². The Morgan fingerprint density at radius 2 is 2.30 bits per heavy atom. The van der Waals surface area contributed by atoms with Crippen molar-refractivity contribution in [3.63, 3.8) is 0 Å². The molecule has 1 N–H and O–H groups in total. The van der Waals surface area contributed by atoms with Crippen molar-refractivity contribution in [1.82, 2.24) is 4.90 Å². The number of nitrogens with zero attached hydrogens (tertiary/aromatic N) is 1. The molecule has 1 amide bonds. The van der Waals surface area contributed by atoms with Crippen LogP contribution in [0.4, 0.5) is 0 Å². The number of morpholine rings is 1. The minimum absolute atomic E-state index is 0.0276. The molecule has 2 atom stereocenters. The van der Waals surface area contributed by atoms with Gasteiger partial charge >= 0.3 is 0 Å². The number of hydrogen-bond acceptors (Lipinski definition) is 4. The Kier molecular flexibility index (Phi) is 5.23. The maximum Gasteiger partial charge on any atom is 0.260 e. The first kappa shape index (κ1) is 15.1. The molecule has 2 rings (SSSR count). The van der Waals surface area contributed by atoms with Crippen molar-refractivity contribution in [3.05, 3.63) is 29.3 Å².